The van der Waals surface area contributed by atoms with Gasteiger partial charge in [-0.05, 0) is 24.7 Å². The summed E-state index contributed by atoms with van der Waals surface area (Å²) in [5, 5.41) is 2.94. The summed E-state index contributed by atoms with van der Waals surface area (Å²) in [6.45, 7) is 4.46. The van der Waals surface area contributed by atoms with E-state index in [9.17, 15) is 4.79 Å². The molecule has 1 saturated carbocycles. The van der Waals surface area contributed by atoms with Crippen molar-refractivity contribution in [2.75, 3.05) is 0 Å². The lowest BCUT2D eigenvalue weighted by molar-refractivity contribution is 0.199. The number of hydrogen-bond donors (Lipinski definition) is 2. The molecule has 1 aliphatic carbocycles. The maximum absolute atomic E-state index is 11.2. The number of hydrogen-bond acceptors (Lipinski definition) is 2. The third kappa shape index (κ3) is 1.73. The van der Waals surface area contributed by atoms with E-state index in [1.807, 2.05) is 0 Å². The Balaban J connectivity index is 2.16. The maximum atomic E-state index is 11.2. The summed E-state index contributed by atoms with van der Waals surface area (Å²) >= 11 is 0. The Morgan fingerprint density at radius 3 is 2.87 bits per heavy atom. The van der Waals surface area contributed by atoms with Crippen molar-refractivity contribution in [3.63, 3.8) is 0 Å². The molecule has 4 heteroatoms. The number of aliphatic imine (C=N–C) groups is 1. The van der Waals surface area contributed by atoms with Gasteiger partial charge in [0.05, 0.1) is 5.54 Å². The van der Waals surface area contributed by atoms with E-state index in [-0.39, 0.29) is 11.6 Å². The van der Waals surface area contributed by atoms with Crippen LogP contribution in [0.1, 0.15) is 39.5 Å². The average Bonchev–Trinajstić information content (AvgIpc) is 2.41. The fraction of sp³-hybridized carbons (Fsp3) is 0.818. The topological polar surface area (TPSA) is 67.5 Å². The van der Waals surface area contributed by atoms with Gasteiger partial charge >= 0.3 is 6.03 Å². The standard InChI is InChI=1S/C11H19N3O/c1-7(2)8-4-3-5-11(6-8)9(12)13-10(15)14-11/h7-8H,3-6H2,1-2H3,(H3,12,13,14,15). The van der Waals surface area contributed by atoms with Crippen LogP contribution in [0.5, 0.6) is 0 Å². The van der Waals surface area contributed by atoms with Crippen LogP contribution >= 0.6 is 0 Å². The molecule has 0 bridgehead atoms. The number of amides is 2. The summed E-state index contributed by atoms with van der Waals surface area (Å²) in [5.41, 5.74) is 5.55. The van der Waals surface area contributed by atoms with Gasteiger partial charge in [0, 0.05) is 0 Å². The molecular weight excluding hydrogens is 190 g/mol. The van der Waals surface area contributed by atoms with Crippen molar-refractivity contribution >= 4 is 11.9 Å². The number of carbonyl (C=O) groups is 1. The third-order valence-electron chi connectivity index (χ3n) is 3.79. The van der Waals surface area contributed by atoms with Crippen LogP contribution in [0.3, 0.4) is 0 Å². The Hall–Kier alpha value is -1.06. The normalized spacial score (nSPS) is 35.8. The molecule has 2 aliphatic rings. The molecule has 2 amide bonds. The quantitative estimate of drug-likeness (QED) is 0.689. The lowest BCUT2D eigenvalue weighted by Crippen LogP contribution is -2.54. The number of urea groups is 1. The molecule has 15 heavy (non-hydrogen) atoms. The first-order chi connectivity index (χ1) is 7.03. The van der Waals surface area contributed by atoms with E-state index in [1.165, 1.54) is 6.42 Å². The molecule has 3 N–H and O–H groups in total. The highest BCUT2D eigenvalue weighted by Gasteiger charge is 2.45. The van der Waals surface area contributed by atoms with Crippen molar-refractivity contribution in [2.24, 2.45) is 22.6 Å². The van der Waals surface area contributed by atoms with Crippen LogP contribution in [0.4, 0.5) is 4.79 Å². The Kier molecular flexibility index (Phi) is 2.44. The summed E-state index contributed by atoms with van der Waals surface area (Å²) in [4.78, 5) is 15.0. The van der Waals surface area contributed by atoms with Crippen LogP contribution in [0.25, 0.3) is 0 Å². The van der Waals surface area contributed by atoms with Crippen LogP contribution < -0.4 is 11.1 Å². The van der Waals surface area contributed by atoms with Crippen molar-refractivity contribution in [3.05, 3.63) is 0 Å². The second-order valence-electron chi connectivity index (χ2n) is 5.11. The first-order valence-electron chi connectivity index (χ1n) is 5.70. The van der Waals surface area contributed by atoms with Crippen LogP contribution in [0, 0.1) is 11.8 Å². The van der Waals surface area contributed by atoms with Gasteiger partial charge in [-0.25, -0.2) is 4.79 Å². The minimum absolute atomic E-state index is 0.267. The molecule has 0 aromatic heterocycles. The van der Waals surface area contributed by atoms with E-state index in [0.717, 1.165) is 19.3 Å². The Bertz CT molecular complexity index is 311. The first kappa shape index (κ1) is 10.5. The van der Waals surface area contributed by atoms with Gasteiger partial charge in [-0.1, -0.05) is 26.7 Å². The van der Waals surface area contributed by atoms with Gasteiger partial charge in [0.25, 0.3) is 0 Å². The fourth-order valence-corrected chi connectivity index (χ4v) is 2.75. The number of carbonyl (C=O) groups excluding carboxylic acids is 1. The van der Waals surface area contributed by atoms with E-state index < -0.39 is 0 Å². The Morgan fingerprint density at radius 2 is 2.33 bits per heavy atom. The second-order valence-corrected chi connectivity index (χ2v) is 5.11. The largest absolute Gasteiger partial charge is 0.385 e. The lowest BCUT2D eigenvalue weighted by Gasteiger charge is -2.39. The summed E-state index contributed by atoms with van der Waals surface area (Å²) < 4.78 is 0. The number of amidine groups is 1. The zero-order valence-corrected chi connectivity index (χ0v) is 9.42. The number of rotatable bonds is 1. The van der Waals surface area contributed by atoms with Crippen molar-refractivity contribution in [1.82, 2.24) is 5.32 Å². The maximum Gasteiger partial charge on any atom is 0.343 e. The summed E-state index contributed by atoms with van der Waals surface area (Å²) in [6.07, 6.45) is 4.25. The molecule has 1 heterocycles. The molecule has 0 radical (unpaired) electrons. The molecule has 1 spiro atoms. The first-order valence-corrected chi connectivity index (χ1v) is 5.70. The van der Waals surface area contributed by atoms with E-state index in [1.54, 1.807) is 0 Å². The average molecular weight is 209 g/mol. The molecule has 0 saturated heterocycles. The second kappa shape index (κ2) is 3.51. The molecule has 0 aromatic rings. The lowest BCUT2D eigenvalue weighted by atomic mass is 9.71. The van der Waals surface area contributed by atoms with Crippen molar-refractivity contribution in [2.45, 2.75) is 45.1 Å². The minimum Gasteiger partial charge on any atom is -0.385 e. The molecule has 1 fully saturated rings. The predicted molar refractivity (Wildman–Crippen MR) is 59.7 cm³/mol. The van der Waals surface area contributed by atoms with Gasteiger partial charge in [-0.2, -0.15) is 4.99 Å². The summed E-state index contributed by atoms with van der Waals surface area (Å²) in [5.74, 6) is 1.79. The Morgan fingerprint density at radius 1 is 1.60 bits per heavy atom. The van der Waals surface area contributed by atoms with Crippen LogP contribution in [-0.2, 0) is 0 Å². The number of nitrogens with zero attached hydrogens (tertiary/aromatic N) is 1. The van der Waals surface area contributed by atoms with Gasteiger partial charge < -0.3 is 11.1 Å². The summed E-state index contributed by atoms with van der Waals surface area (Å²) in [6, 6.07) is -0.267. The van der Waals surface area contributed by atoms with Gasteiger partial charge in [0.2, 0.25) is 0 Å². The van der Waals surface area contributed by atoms with Gasteiger partial charge in [-0.3, -0.25) is 0 Å². The molecule has 84 valence electrons. The third-order valence-corrected chi connectivity index (χ3v) is 3.79. The van der Waals surface area contributed by atoms with Crippen molar-refractivity contribution in [1.29, 1.82) is 0 Å². The zero-order chi connectivity index (χ0) is 11.1. The summed E-state index contributed by atoms with van der Waals surface area (Å²) in [7, 11) is 0. The number of nitrogens with two attached hydrogens (primary N) is 1. The smallest absolute Gasteiger partial charge is 0.343 e. The van der Waals surface area contributed by atoms with Crippen LogP contribution in [-0.4, -0.2) is 17.4 Å². The van der Waals surface area contributed by atoms with E-state index in [2.05, 4.69) is 24.2 Å². The van der Waals surface area contributed by atoms with E-state index in [4.69, 9.17) is 5.73 Å². The molecule has 0 aromatic carbocycles. The SMILES string of the molecule is CC(C)C1CCCC2(C1)NC(=O)N=C2N. The van der Waals surface area contributed by atoms with E-state index in [0.29, 0.717) is 17.7 Å². The van der Waals surface area contributed by atoms with Crippen LogP contribution in [0.15, 0.2) is 4.99 Å². The fourth-order valence-electron chi connectivity index (χ4n) is 2.75. The molecule has 2 atom stereocenters. The molecule has 2 rings (SSSR count). The predicted octanol–water partition coefficient (Wildman–Crippen LogP) is 1.65. The number of nitrogens with one attached hydrogen (secondary N) is 1. The zero-order valence-electron chi connectivity index (χ0n) is 9.42. The Labute approximate surface area is 90.3 Å². The minimum atomic E-state index is -0.315. The monoisotopic (exact) mass is 209 g/mol. The highest BCUT2D eigenvalue weighted by Crippen LogP contribution is 2.38. The van der Waals surface area contributed by atoms with Crippen LogP contribution in [0.2, 0.25) is 0 Å². The van der Waals surface area contributed by atoms with Gasteiger partial charge in [-0.15, -0.1) is 0 Å². The molecule has 4 nitrogen and oxygen atoms in total. The highest BCUT2D eigenvalue weighted by atomic mass is 16.2. The molecular formula is C11H19N3O. The molecule has 1 aliphatic heterocycles. The van der Waals surface area contributed by atoms with Crippen molar-refractivity contribution < 1.29 is 4.79 Å². The highest BCUT2D eigenvalue weighted by molar-refractivity contribution is 6.05. The van der Waals surface area contributed by atoms with E-state index >= 15 is 0 Å². The van der Waals surface area contributed by atoms with Gasteiger partial charge in [0.15, 0.2) is 0 Å². The molecule has 2 unspecified atom stereocenters. The van der Waals surface area contributed by atoms with Crippen molar-refractivity contribution in [3.8, 4) is 0 Å². The van der Waals surface area contributed by atoms with Gasteiger partial charge in [0.1, 0.15) is 5.84 Å².